The maximum Gasteiger partial charge on any atom is 0.200 e. The van der Waals surface area contributed by atoms with E-state index in [0.717, 1.165) is 0 Å². The van der Waals surface area contributed by atoms with Crippen LogP contribution in [-0.4, -0.2) is 52.3 Å². The smallest absolute Gasteiger partial charge is 0.200 e. The molecule has 0 fully saturated rings. The fraction of sp³-hybridized carbons (Fsp3) is 1.00. The summed E-state index contributed by atoms with van der Waals surface area (Å²) in [6.45, 7) is 31.9. The third-order valence-electron chi connectivity index (χ3n) is 8.06. The van der Waals surface area contributed by atoms with Gasteiger partial charge in [-0.05, 0) is 34.8 Å². The summed E-state index contributed by atoms with van der Waals surface area (Å²) < 4.78 is 13.0. The van der Waals surface area contributed by atoms with Gasteiger partial charge in [0.2, 0.25) is 0 Å². The molecule has 4 nitrogen and oxygen atoms in total. The Labute approximate surface area is 196 Å². The van der Waals surface area contributed by atoms with Gasteiger partial charge in [-0.2, -0.15) is 0 Å². The minimum Gasteiger partial charge on any atom is -0.416 e. The van der Waals surface area contributed by atoms with Crippen LogP contribution in [0, 0.1) is 17.8 Å². The Balaban J connectivity index is 5.06. The molecule has 0 radical (unpaired) electrons. The van der Waals surface area contributed by atoms with Crippen molar-refractivity contribution in [3.05, 3.63) is 0 Å². The molecule has 0 amide bonds. The van der Waals surface area contributed by atoms with E-state index in [9.17, 15) is 10.2 Å². The van der Waals surface area contributed by atoms with E-state index in [4.69, 9.17) is 8.85 Å². The summed E-state index contributed by atoms with van der Waals surface area (Å²) in [6, 6.07) is 0. The molecule has 0 aliphatic heterocycles. The Bertz CT molecular complexity index is 492. The van der Waals surface area contributed by atoms with Gasteiger partial charge in [-0.3, -0.25) is 0 Å². The van der Waals surface area contributed by atoms with E-state index >= 15 is 0 Å². The minimum absolute atomic E-state index is 0.0256. The zero-order valence-electron chi connectivity index (χ0n) is 23.2. The first-order valence-corrected chi connectivity index (χ1v) is 17.5. The van der Waals surface area contributed by atoms with Crippen molar-refractivity contribution >= 4 is 16.6 Å². The largest absolute Gasteiger partial charge is 0.416 e. The third kappa shape index (κ3) is 7.92. The molecule has 6 heteroatoms. The van der Waals surface area contributed by atoms with Gasteiger partial charge >= 0.3 is 0 Å². The lowest BCUT2D eigenvalue weighted by Crippen LogP contribution is -2.50. The van der Waals surface area contributed by atoms with Gasteiger partial charge in [0.05, 0.1) is 12.2 Å². The van der Waals surface area contributed by atoms with Crippen molar-refractivity contribution in [2.75, 3.05) is 13.2 Å². The third-order valence-corrected chi connectivity index (χ3v) is 18.6. The van der Waals surface area contributed by atoms with Gasteiger partial charge in [0.15, 0.2) is 16.6 Å². The van der Waals surface area contributed by atoms with Gasteiger partial charge in [-0.1, -0.05) is 83.1 Å². The van der Waals surface area contributed by atoms with Crippen molar-refractivity contribution < 1.29 is 19.1 Å². The Morgan fingerprint density at radius 1 is 0.645 bits per heavy atom. The zero-order chi connectivity index (χ0) is 24.9. The Hall–Kier alpha value is 0.274. The van der Waals surface area contributed by atoms with Crippen LogP contribution in [0.4, 0.5) is 0 Å². The predicted molar refractivity (Wildman–Crippen MR) is 140 cm³/mol. The first-order chi connectivity index (χ1) is 13.8. The minimum atomic E-state index is -1.96. The number of hydrogen-bond donors (Lipinski definition) is 2. The second kappa shape index (κ2) is 12.1. The van der Waals surface area contributed by atoms with Crippen molar-refractivity contribution in [1.29, 1.82) is 0 Å². The summed E-state index contributed by atoms with van der Waals surface area (Å²) in [5.41, 5.74) is 1.56. The SMILES string of the molecule is CC(C)[Si](OC[C@@H](C)[C@H](O)[C@H](C)[C@@H](O)[C@H](C)CO[Si](C)(C)C(C)(C)C)(C(C)C)C(C)C. The topological polar surface area (TPSA) is 58.9 Å². The monoisotopic (exact) mass is 476 g/mol. The van der Waals surface area contributed by atoms with Crippen molar-refractivity contribution in [3.63, 3.8) is 0 Å². The van der Waals surface area contributed by atoms with Gasteiger partial charge in [-0.25, -0.2) is 0 Å². The van der Waals surface area contributed by atoms with Crippen LogP contribution in [0.2, 0.25) is 34.8 Å². The van der Waals surface area contributed by atoms with Gasteiger partial charge in [0.25, 0.3) is 0 Å². The average molecular weight is 477 g/mol. The molecule has 0 heterocycles. The normalized spacial score (nSPS) is 19.1. The number of rotatable bonds is 13. The molecule has 0 unspecified atom stereocenters. The molecule has 5 atom stereocenters. The second-order valence-corrected chi connectivity index (χ2v) is 22.8. The first kappa shape index (κ1) is 31.3. The lowest BCUT2D eigenvalue weighted by Gasteiger charge is -2.43. The van der Waals surface area contributed by atoms with E-state index in [2.05, 4.69) is 75.4 Å². The summed E-state index contributed by atoms with van der Waals surface area (Å²) in [5, 5.41) is 22.1. The second-order valence-electron chi connectivity index (χ2n) is 12.5. The van der Waals surface area contributed by atoms with E-state index in [1.165, 1.54) is 0 Å². The van der Waals surface area contributed by atoms with Crippen LogP contribution in [0.5, 0.6) is 0 Å². The van der Waals surface area contributed by atoms with E-state index in [1.807, 2.05) is 20.8 Å². The van der Waals surface area contributed by atoms with Gasteiger partial charge in [-0.15, -0.1) is 0 Å². The van der Waals surface area contributed by atoms with Crippen molar-refractivity contribution in [2.24, 2.45) is 17.8 Å². The standard InChI is InChI=1S/C25H56O4Si2/c1-17(2)31(18(3)4,19(5)6)29-16-21(8)24(27)22(9)23(26)20(7)15-28-30(13,14)25(10,11)12/h17-24,26-27H,15-16H2,1-14H3/t20-,21-,22-,23+,24+/m1/s1. The zero-order valence-corrected chi connectivity index (χ0v) is 25.2. The van der Waals surface area contributed by atoms with E-state index in [0.29, 0.717) is 29.8 Å². The fourth-order valence-electron chi connectivity index (χ4n) is 4.77. The molecule has 31 heavy (non-hydrogen) atoms. The van der Waals surface area contributed by atoms with E-state index < -0.39 is 28.8 Å². The quantitative estimate of drug-likeness (QED) is 0.286. The molecule has 188 valence electrons. The lowest BCUT2D eigenvalue weighted by atomic mass is 9.85. The fourth-order valence-corrected chi connectivity index (χ4v) is 11.4. The maximum absolute atomic E-state index is 11.0. The average Bonchev–Trinajstić information content (AvgIpc) is 2.62. The highest BCUT2D eigenvalue weighted by molar-refractivity contribution is 6.77. The molecule has 0 aromatic rings. The van der Waals surface area contributed by atoms with E-state index in [1.54, 1.807) is 0 Å². The van der Waals surface area contributed by atoms with Crippen LogP contribution in [0.25, 0.3) is 0 Å². The molecule has 0 saturated heterocycles. The number of aliphatic hydroxyl groups is 2. The summed E-state index contributed by atoms with van der Waals surface area (Å²) >= 11 is 0. The van der Waals surface area contributed by atoms with Crippen molar-refractivity contribution in [3.8, 4) is 0 Å². The lowest BCUT2D eigenvalue weighted by molar-refractivity contribution is -0.0447. The van der Waals surface area contributed by atoms with Crippen LogP contribution in [-0.2, 0) is 8.85 Å². The Morgan fingerprint density at radius 3 is 1.26 bits per heavy atom. The molecule has 0 aliphatic carbocycles. The summed E-state index contributed by atoms with van der Waals surface area (Å²) in [5.74, 6) is -0.284. The van der Waals surface area contributed by atoms with Crippen LogP contribution in [0.1, 0.15) is 83.1 Å². The van der Waals surface area contributed by atoms with Crippen molar-refractivity contribution in [2.45, 2.75) is 130 Å². The molecule has 2 N–H and O–H groups in total. The van der Waals surface area contributed by atoms with Gasteiger partial charge < -0.3 is 19.1 Å². The van der Waals surface area contributed by atoms with Crippen LogP contribution < -0.4 is 0 Å². The maximum atomic E-state index is 11.0. The molecule has 0 rings (SSSR count). The highest BCUT2D eigenvalue weighted by atomic mass is 28.4. The molecule has 0 aromatic carbocycles. The molecular formula is C25H56O4Si2. The number of aliphatic hydroxyl groups excluding tert-OH is 2. The molecule has 0 aromatic heterocycles. The predicted octanol–water partition coefficient (Wildman–Crippen LogP) is 6.83. The summed E-state index contributed by atoms with van der Waals surface area (Å²) in [6.07, 6.45) is -1.21. The molecule has 0 spiro atoms. The summed E-state index contributed by atoms with van der Waals surface area (Å²) in [7, 11) is -3.81. The Kier molecular flexibility index (Phi) is 12.2. The molecule has 0 bridgehead atoms. The van der Waals surface area contributed by atoms with Gasteiger partial charge in [0.1, 0.15) is 0 Å². The first-order valence-electron chi connectivity index (χ1n) is 12.5. The number of hydrogen-bond acceptors (Lipinski definition) is 4. The van der Waals surface area contributed by atoms with E-state index in [-0.39, 0.29) is 22.8 Å². The highest BCUT2D eigenvalue weighted by Gasteiger charge is 2.45. The van der Waals surface area contributed by atoms with Crippen molar-refractivity contribution in [1.82, 2.24) is 0 Å². The Morgan fingerprint density at radius 2 is 0.968 bits per heavy atom. The van der Waals surface area contributed by atoms with Crippen LogP contribution in [0.3, 0.4) is 0 Å². The van der Waals surface area contributed by atoms with Crippen LogP contribution in [0.15, 0.2) is 0 Å². The highest BCUT2D eigenvalue weighted by Crippen LogP contribution is 2.43. The summed E-state index contributed by atoms with van der Waals surface area (Å²) in [4.78, 5) is 0. The molecule has 0 aliphatic rings. The molecular weight excluding hydrogens is 420 g/mol. The molecule has 0 saturated carbocycles. The van der Waals surface area contributed by atoms with Crippen LogP contribution >= 0.6 is 0 Å². The van der Waals surface area contributed by atoms with Gasteiger partial charge in [0, 0.05) is 31.0 Å².